The minimum Gasteiger partial charge on any atom is -0.382 e. The van der Waals surface area contributed by atoms with Crippen molar-refractivity contribution in [3.8, 4) is 0 Å². The Balaban J connectivity index is 0.00000324. The molecule has 114 valence electrons. The van der Waals surface area contributed by atoms with Crippen molar-refractivity contribution >= 4 is 29.9 Å². The molecule has 5 heteroatoms. The Labute approximate surface area is 135 Å². The van der Waals surface area contributed by atoms with Gasteiger partial charge in [-0.15, -0.1) is 24.0 Å². The molecular weight excluding hydrogens is 353 g/mol. The summed E-state index contributed by atoms with van der Waals surface area (Å²) in [5.74, 6) is 1.93. The van der Waals surface area contributed by atoms with Gasteiger partial charge in [-0.05, 0) is 38.5 Å². The first-order chi connectivity index (χ1) is 8.77. The molecule has 1 fully saturated rings. The van der Waals surface area contributed by atoms with E-state index in [-0.39, 0.29) is 24.0 Å². The van der Waals surface area contributed by atoms with Gasteiger partial charge in [0, 0.05) is 39.9 Å². The second-order valence-electron chi connectivity index (χ2n) is 5.05. The number of likely N-dealkylation sites (tertiary alicyclic amines) is 1. The van der Waals surface area contributed by atoms with Gasteiger partial charge in [0.25, 0.3) is 0 Å². The van der Waals surface area contributed by atoms with Crippen LogP contribution in [0.3, 0.4) is 0 Å². The smallest absolute Gasteiger partial charge is 0.193 e. The van der Waals surface area contributed by atoms with Gasteiger partial charge < -0.3 is 15.0 Å². The van der Waals surface area contributed by atoms with Gasteiger partial charge in [-0.25, -0.2) is 0 Å². The van der Waals surface area contributed by atoms with Crippen molar-refractivity contribution in [1.29, 1.82) is 0 Å². The molecule has 0 saturated carbocycles. The Hall–Kier alpha value is -0.0400. The fourth-order valence-electron chi connectivity index (χ4n) is 2.23. The van der Waals surface area contributed by atoms with Crippen LogP contribution < -0.4 is 5.32 Å². The van der Waals surface area contributed by atoms with Crippen molar-refractivity contribution in [3.05, 3.63) is 0 Å². The molecule has 0 aromatic rings. The molecule has 0 radical (unpaired) electrons. The Bertz CT molecular complexity index is 241. The maximum atomic E-state index is 5.33. The number of aliphatic imine (C=N–C) groups is 1. The highest BCUT2D eigenvalue weighted by atomic mass is 127. The Morgan fingerprint density at radius 2 is 2.00 bits per heavy atom. The van der Waals surface area contributed by atoms with E-state index >= 15 is 0 Å². The third-order valence-corrected chi connectivity index (χ3v) is 3.50. The molecule has 0 aliphatic carbocycles. The molecule has 1 heterocycles. The van der Waals surface area contributed by atoms with Crippen LogP contribution in [0.5, 0.6) is 0 Å². The number of guanidine groups is 1. The largest absolute Gasteiger partial charge is 0.382 e. The van der Waals surface area contributed by atoms with Crippen LogP contribution >= 0.6 is 24.0 Å². The van der Waals surface area contributed by atoms with Gasteiger partial charge in [-0.2, -0.15) is 0 Å². The second kappa shape index (κ2) is 11.8. The number of ether oxygens (including phenoxy) is 1. The molecule has 19 heavy (non-hydrogen) atoms. The van der Waals surface area contributed by atoms with E-state index in [1.807, 2.05) is 14.0 Å². The number of nitrogens with one attached hydrogen (secondary N) is 1. The summed E-state index contributed by atoms with van der Waals surface area (Å²) in [6.45, 7) is 9.34. The molecule has 1 rings (SSSR count). The van der Waals surface area contributed by atoms with Crippen LogP contribution in [0.2, 0.25) is 0 Å². The maximum Gasteiger partial charge on any atom is 0.193 e. The average molecular weight is 383 g/mol. The molecule has 1 aliphatic rings. The van der Waals surface area contributed by atoms with Gasteiger partial charge in [-0.3, -0.25) is 4.99 Å². The van der Waals surface area contributed by atoms with Crippen molar-refractivity contribution in [2.24, 2.45) is 10.9 Å². The molecule has 0 aromatic heterocycles. The quantitative estimate of drug-likeness (QED) is 0.332. The summed E-state index contributed by atoms with van der Waals surface area (Å²) >= 11 is 0. The Morgan fingerprint density at radius 1 is 1.32 bits per heavy atom. The number of piperidine rings is 1. The van der Waals surface area contributed by atoms with Gasteiger partial charge >= 0.3 is 0 Å². The average Bonchev–Trinajstić information content (AvgIpc) is 2.39. The zero-order valence-corrected chi connectivity index (χ0v) is 15.0. The summed E-state index contributed by atoms with van der Waals surface area (Å²) in [6.07, 6.45) is 4.83. The number of unbranched alkanes of at least 4 members (excludes halogenated alkanes) is 1. The SMILES string of the molecule is CCOCCCCNC(=NC)N1CCC(C)CC1.I. The standard InChI is InChI=1S/C14H29N3O.HI/c1-4-18-12-6-5-9-16-14(15-3)17-10-7-13(2)8-11-17;/h13H,4-12H2,1-3H3,(H,15,16);1H. The highest BCUT2D eigenvalue weighted by Gasteiger charge is 2.17. The third-order valence-electron chi connectivity index (χ3n) is 3.50. The molecule has 1 aliphatic heterocycles. The van der Waals surface area contributed by atoms with Crippen LogP contribution in [-0.2, 0) is 4.74 Å². The predicted molar refractivity (Wildman–Crippen MR) is 92.5 cm³/mol. The summed E-state index contributed by atoms with van der Waals surface area (Å²) in [4.78, 5) is 6.75. The lowest BCUT2D eigenvalue weighted by Gasteiger charge is -2.32. The lowest BCUT2D eigenvalue weighted by atomic mass is 10.00. The first kappa shape index (κ1) is 19.0. The highest BCUT2D eigenvalue weighted by Crippen LogP contribution is 2.15. The lowest BCUT2D eigenvalue weighted by Crippen LogP contribution is -2.45. The summed E-state index contributed by atoms with van der Waals surface area (Å²) in [5.41, 5.74) is 0. The predicted octanol–water partition coefficient (Wildman–Crippen LogP) is 2.73. The van der Waals surface area contributed by atoms with Crippen LogP contribution in [0.15, 0.2) is 4.99 Å². The van der Waals surface area contributed by atoms with Gasteiger partial charge in [0.05, 0.1) is 0 Å². The van der Waals surface area contributed by atoms with Crippen molar-refractivity contribution < 1.29 is 4.74 Å². The Kier molecular flexibility index (Phi) is 11.7. The molecule has 0 bridgehead atoms. The van der Waals surface area contributed by atoms with E-state index in [4.69, 9.17) is 4.74 Å². The van der Waals surface area contributed by atoms with E-state index in [2.05, 4.69) is 22.1 Å². The van der Waals surface area contributed by atoms with Gasteiger partial charge in [0.2, 0.25) is 0 Å². The fraction of sp³-hybridized carbons (Fsp3) is 0.929. The highest BCUT2D eigenvalue weighted by molar-refractivity contribution is 14.0. The number of hydrogen-bond donors (Lipinski definition) is 1. The molecular formula is C14H30IN3O. The van der Waals surface area contributed by atoms with Gasteiger partial charge in [0.1, 0.15) is 0 Å². The Morgan fingerprint density at radius 3 is 2.58 bits per heavy atom. The molecule has 0 unspecified atom stereocenters. The van der Waals surface area contributed by atoms with Crippen LogP contribution in [0.4, 0.5) is 0 Å². The normalized spacial score (nSPS) is 17.2. The van der Waals surface area contributed by atoms with Crippen molar-refractivity contribution in [3.63, 3.8) is 0 Å². The number of nitrogens with zero attached hydrogens (tertiary/aromatic N) is 2. The lowest BCUT2D eigenvalue weighted by molar-refractivity contribution is 0.143. The van der Waals surface area contributed by atoms with Gasteiger partial charge in [-0.1, -0.05) is 6.92 Å². The van der Waals surface area contributed by atoms with E-state index in [1.54, 1.807) is 0 Å². The van der Waals surface area contributed by atoms with E-state index in [1.165, 1.54) is 12.8 Å². The van der Waals surface area contributed by atoms with Crippen molar-refractivity contribution in [2.75, 3.05) is 39.9 Å². The van der Waals surface area contributed by atoms with Gasteiger partial charge in [0.15, 0.2) is 5.96 Å². The van der Waals surface area contributed by atoms with E-state index in [0.29, 0.717) is 0 Å². The molecule has 0 aromatic carbocycles. The molecule has 4 nitrogen and oxygen atoms in total. The summed E-state index contributed by atoms with van der Waals surface area (Å²) in [7, 11) is 1.88. The summed E-state index contributed by atoms with van der Waals surface area (Å²) < 4.78 is 5.33. The van der Waals surface area contributed by atoms with Crippen LogP contribution in [0.25, 0.3) is 0 Å². The van der Waals surface area contributed by atoms with E-state index < -0.39 is 0 Å². The fourth-order valence-corrected chi connectivity index (χ4v) is 2.23. The van der Waals surface area contributed by atoms with Crippen LogP contribution in [0, 0.1) is 5.92 Å². The first-order valence-electron chi connectivity index (χ1n) is 7.31. The van der Waals surface area contributed by atoms with Crippen LogP contribution in [-0.4, -0.2) is 50.8 Å². The van der Waals surface area contributed by atoms with Crippen LogP contribution in [0.1, 0.15) is 39.5 Å². The van der Waals surface area contributed by atoms with E-state index in [9.17, 15) is 0 Å². The van der Waals surface area contributed by atoms with E-state index in [0.717, 1.165) is 57.6 Å². The second-order valence-corrected chi connectivity index (χ2v) is 5.05. The monoisotopic (exact) mass is 383 g/mol. The summed E-state index contributed by atoms with van der Waals surface area (Å²) in [5, 5.41) is 3.45. The minimum absolute atomic E-state index is 0. The van der Waals surface area contributed by atoms with Crippen molar-refractivity contribution in [2.45, 2.75) is 39.5 Å². The van der Waals surface area contributed by atoms with Crippen molar-refractivity contribution in [1.82, 2.24) is 10.2 Å². The molecule has 1 saturated heterocycles. The number of hydrogen-bond acceptors (Lipinski definition) is 2. The topological polar surface area (TPSA) is 36.9 Å². The number of halogens is 1. The zero-order chi connectivity index (χ0) is 13.2. The molecule has 0 atom stereocenters. The summed E-state index contributed by atoms with van der Waals surface area (Å²) in [6, 6.07) is 0. The minimum atomic E-state index is 0. The first-order valence-corrected chi connectivity index (χ1v) is 7.31. The molecule has 1 N–H and O–H groups in total. The molecule has 0 spiro atoms. The molecule has 0 amide bonds. The third kappa shape index (κ3) is 7.97. The number of rotatable bonds is 6. The maximum absolute atomic E-state index is 5.33. The zero-order valence-electron chi connectivity index (χ0n) is 12.7.